The Morgan fingerprint density at radius 1 is 1.75 bits per heavy atom. The Bertz CT molecular complexity index is 308. The molecular formula is C9H17N5O2. The molecule has 1 fully saturated rings. The summed E-state index contributed by atoms with van der Waals surface area (Å²) in [6, 6.07) is 0. The zero-order valence-electron chi connectivity index (χ0n) is 9.35. The molecule has 0 aromatic carbocycles. The van der Waals surface area contributed by atoms with Crippen molar-refractivity contribution in [3.05, 3.63) is 10.1 Å². The van der Waals surface area contributed by atoms with Crippen molar-refractivity contribution >= 4 is 6.21 Å². The summed E-state index contributed by atoms with van der Waals surface area (Å²) in [5.41, 5.74) is -0.369. The molecule has 0 spiro atoms. The lowest BCUT2D eigenvalue weighted by molar-refractivity contribution is -0.551. The molecule has 0 aromatic heterocycles. The van der Waals surface area contributed by atoms with Gasteiger partial charge in [0.1, 0.15) is 5.66 Å². The van der Waals surface area contributed by atoms with Crippen LogP contribution in [0.25, 0.3) is 0 Å². The summed E-state index contributed by atoms with van der Waals surface area (Å²) >= 11 is 0. The average Bonchev–Trinajstić information content (AvgIpc) is 2.65. The fraction of sp³-hybridized carbons (Fsp3) is 0.889. The molecule has 1 saturated heterocycles. The first-order chi connectivity index (χ1) is 7.61. The molecule has 2 heterocycles. The largest absolute Gasteiger partial charge is 0.308 e. The molecule has 2 aliphatic heterocycles. The van der Waals surface area contributed by atoms with Gasteiger partial charge in [0.2, 0.25) is 0 Å². The van der Waals surface area contributed by atoms with Crippen molar-refractivity contribution in [1.29, 1.82) is 0 Å². The molecule has 2 N–H and O–H groups in total. The van der Waals surface area contributed by atoms with Gasteiger partial charge in [0.05, 0.1) is 6.54 Å². The highest BCUT2D eigenvalue weighted by atomic mass is 16.6. The molecule has 16 heavy (non-hydrogen) atoms. The highest BCUT2D eigenvalue weighted by molar-refractivity contribution is 5.62. The molecule has 90 valence electrons. The summed E-state index contributed by atoms with van der Waals surface area (Å²) in [5.74, 6) is 0. The van der Waals surface area contributed by atoms with Gasteiger partial charge in [0, 0.05) is 37.3 Å². The van der Waals surface area contributed by atoms with Crippen LogP contribution in [0.15, 0.2) is 4.99 Å². The summed E-state index contributed by atoms with van der Waals surface area (Å²) in [6.07, 6.45) is 1.19. The Morgan fingerprint density at radius 2 is 2.56 bits per heavy atom. The highest BCUT2D eigenvalue weighted by Crippen LogP contribution is 2.14. The second-order valence-corrected chi connectivity index (χ2v) is 4.41. The Morgan fingerprint density at radius 3 is 3.19 bits per heavy atom. The monoisotopic (exact) mass is 227 g/mol. The van der Waals surface area contributed by atoms with Crippen molar-refractivity contribution < 1.29 is 4.92 Å². The van der Waals surface area contributed by atoms with Crippen LogP contribution in [0.2, 0.25) is 0 Å². The van der Waals surface area contributed by atoms with Gasteiger partial charge in [-0.2, -0.15) is 0 Å². The second kappa shape index (κ2) is 4.44. The van der Waals surface area contributed by atoms with E-state index in [0.29, 0.717) is 19.6 Å². The molecular weight excluding hydrogens is 210 g/mol. The van der Waals surface area contributed by atoms with E-state index in [-0.39, 0.29) is 10.6 Å². The van der Waals surface area contributed by atoms with E-state index >= 15 is 0 Å². The molecule has 0 bridgehead atoms. The zero-order chi connectivity index (χ0) is 11.6. The first-order valence-corrected chi connectivity index (χ1v) is 5.48. The lowest BCUT2D eigenvalue weighted by Gasteiger charge is -2.35. The van der Waals surface area contributed by atoms with E-state index in [1.54, 1.807) is 0 Å². The molecule has 7 heteroatoms. The maximum Gasteiger partial charge on any atom is 0.281 e. The molecule has 7 nitrogen and oxygen atoms in total. The number of nitro groups is 1. The van der Waals surface area contributed by atoms with E-state index in [0.717, 1.165) is 13.1 Å². The molecule has 0 aromatic rings. The Balaban J connectivity index is 2.01. The smallest absolute Gasteiger partial charge is 0.281 e. The van der Waals surface area contributed by atoms with Crippen LogP contribution in [0.4, 0.5) is 0 Å². The van der Waals surface area contributed by atoms with Crippen LogP contribution in [0.1, 0.15) is 6.92 Å². The molecule has 0 saturated carbocycles. The quantitative estimate of drug-likeness (QED) is 0.471. The third kappa shape index (κ3) is 2.37. The van der Waals surface area contributed by atoms with Crippen molar-refractivity contribution in [2.24, 2.45) is 4.99 Å². The summed E-state index contributed by atoms with van der Waals surface area (Å²) < 4.78 is 0. The zero-order valence-corrected chi connectivity index (χ0v) is 9.35. The SMILES string of the molecule is CC1(CN2CCNCC2[N+](=O)[O-])N=CCN1. The number of nitrogens with one attached hydrogen (secondary N) is 2. The van der Waals surface area contributed by atoms with Crippen LogP contribution in [0, 0.1) is 10.1 Å². The molecule has 2 unspecified atom stereocenters. The number of piperazine rings is 1. The van der Waals surface area contributed by atoms with Gasteiger partial charge in [-0.15, -0.1) is 0 Å². The highest BCUT2D eigenvalue weighted by Gasteiger charge is 2.37. The maximum atomic E-state index is 10.9. The van der Waals surface area contributed by atoms with Gasteiger partial charge in [-0.05, 0) is 6.92 Å². The number of rotatable bonds is 3. The third-order valence-corrected chi connectivity index (χ3v) is 3.03. The Hall–Kier alpha value is -1.05. The van der Waals surface area contributed by atoms with Gasteiger partial charge in [-0.3, -0.25) is 20.4 Å². The standard InChI is InChI=1S/C9H17N5O2/c1-9(11-2-3-12-9)7-13-5-4-10-6-8(13)14(15)16/h2,8,10,12H,3-7H2,1H3. The van der Waals surface area contributed by atoms with Crippen molar-refractivity contribution in [3.63, 3.8) is 0 Å². The minimum absolute atomic E-state index is 0.228. The Labute approximate surface area is 94.1 Å². The second-order valence-electron chi connectivity index (χ2n) is 4.41. The van der Waals surface area contributed by atoms with Crippen LogP contribution < -0.4 is 10.6 Å². The topological polar surface area (TPSA) is 82.8 Å². The fourth-order valence-corrected chi connectivity index (χ4v) is 2.17. The molecule has 0 amide bonds. The van der Waals surface area contributed by atoms with E-state index < -0.39 is 6.17 Å². The number of aliphatic imine (C=N–C) groups is 1. The lowest BCUT2D eigenvalue weighted by atomic mass is 10.1. The van der Waals surface area contributed by atoms with Gasteiger partial charge in [0.25, 0.3) is 6.17 Å². The molecule has 0 radical (unpaired) electrons. The first-order valence-electron chi connectivity index (χ1n) is 5.48. The molecule has 2 aliphatic rings. The van der Waals surface area contributed by atoms with Gasteiger partial charge >= 0.3 is 0 Å². The number of nitrogens with zero attached hydrogens (tertiary/aromatic N) is 3. The lowest BCUT2D eigenvalue weighted by Crippen LogP contribution is -2.59. The summed E-state index contributed by atoms with van der Waals surface area (Å²) in [4.78, 5) is 16.9. The minimum atomic E-state index is -0.636. The first kappa shape index (κ1) is 11.4. The maximum absolute atomic E-state index is 10.9. The van der Waals surface area contributed by atoms with E-state index in [4.69, 9.17) is 0 Å². The van der Waals surface area contributed by atoms with E-state index in [1.807, 2.05) is 18.0 Å². The van der Waals surface area contributed by atoms with Crippen LogP contribution >= 0.6 is 0 Å². The van der Waals surface area contributed by atoms with Crippen LogP contribution in [0.5, 0.6) is 0 Å². The van der Waals surface area contributed by atoms with Crippen LogP contribution in [-0.2, 0) is 0 Å². The van der Waals surface area contributed by atoms with Crippen molar-refractivity contribution in [3.8, 4) is 0 Å². The molecule has 2 rings (SSSR count). The number of hydrogen-bond donors (Lipinski definition) is 2. The fourth-order valence-electron chi connectivity index (χ4n) is 2.17. The average molecular weight is 227 g/mol. The summed E-state index contributed by atoms with van der Waals surface area (Å²) in [7, 11) is 0. The van der Waals surface area contributed by atoms with E-state index in [9.17, 15) is 10.1 Å². The van der Waals surface area contributed by atoms with Crippen molar-refractivity contribution in [2.45, 2.75) is 18.8 Å². The minimum Gasteiger partial charge on any atom is -0.308 e. The van der Waals surface area contributed by atoms with Gasteiger partial charge in [-0.1, -0.05) is 0 Å². The third-order valence-electron chi connectivity index (χ3n) is 3.03. The normalized spacial score (nSPS) is 35.4. The van der Waals surface area contributed by atoms with Gasteiger partial charge in [0.15, 0.2) is 0 Å². The van der Waals surface area contributed by atoms with Gasteiger partial charge in [-0.25, -0.2) is 4.90 Å². The molecule has 2 atom stereocenters. The van der Waals surface area contributed by atoms with Crippen molar-refractivity contribution in [1.82, 2.24) is 15.5 Å². The van der Waals surface area contributed by atoms with Crippen LogP contribution in [0.3, 0.4) is 0 Å². The van der Waals surface area contributed by atoms with Crippen LogP contribution in [-0.4, -0.2) is 60.6 Å². The van der Waals surface area contributed by atoms with E-state index in [2.05, 4.69) is 15.6 Å². The number of hydrogen-bond acceptors (Lipinski definition) is 6. The Kier molecular flexibility index (Phi) is 3.17. The summed E-state index contributed by atoms with van der Waals surface area (Å²) in [6.45, 7) is 5.19. The summed E-state index contributed by atoms with van der Waals surface area (Å²) in [5, 5.41) is 17.2. The van der Waals surface area contributed by atoms with Gasteiger partial charge < -0.3 is 5.32 Å². The van der Waals surface area contributed by atoms with E-state index in [1.165, 1.54) is 0 Å². The predicted octanol–water partition coefficient (Wildman–Crippen LogP) is -1.12. The predicted molar refractivity (Wildman–Crippen MR) is 60.1 cm³/mol. The van der Waals surface area contributed by atoms with Crippen molar-refractivity contribution in [2.75, 3.05) is 32.7 Å². The molecule has 0 aliphatic carbocycles.